The molecule has 0 atom stereocenters. The Balaban J connectivity index is 1.90. The van der Waals surface area contributed by atoms with E-state index in [1.807, 2.05) is 19.1 Å². The van der Waals surface area contributed by atoms with E-state index in [2.05, 4.69) is 5.32 Å². The van der Waals surface area contributed by atoms with Crippen molar-refractivity contribution in [1.82, 2.24) is 0 Å². The van der Waals surface area contributed by atoms with E-state index >= 15 is 0 Å². The molecule has 9 heteroatoms. The maximum Gasteiger partial charge on any atom is 0.374 e. The summed E-state index contributed by atoms with van der Waals surface area (Å²) in [6.07, 6.45) is 0. The van der Waals surface area contributed by atoms with E-state index in [4.69, 9.17) is 14.3 Å². The van der Waals surface area contributed by atoms with Crippen LogP contribution in [0.5, 0.6) is 0 Å². The van der Waals surface area contributed by atoms with Crippen molar-refractivity contribution in [2.45, 2.75) is 12.0 Å². The summed E-state index contributed by atoms with van der Waals surface area (Å²) in [5.74, 6) is -1.88. The second-order valence-electron chi connectivity index (χ2n) is 4.65. The Morgan fingerprint density at radius 3 is 2.39 bits per heavy atom. The van der Waals surface area contributed by atoms with Crippen LogP contribution in [0.3, 0.4) is 0 Å². The van der Waals surface area contributed by atoms with Crippen LogP contribution in [0.25, 0.3) is 0 Å². The van der Waals surface area contributed by atoms with Gasteiger partial charge in [0.2, 0.25) is 10.9 Å². The summed E-state index contributed by atoms with van der Waals surface area (Å²) in [5, 5.41) is 6.83. The topological polar surface area (TPSA) is 129 Å². The molecule has 1 amide bonds. The lowest BCUT2D eigenvalue weighted by molar-refractivity contribution is -0.119. The number of primary sulfonamides is 1. The van der Waals surface area contributed by atoms with E-state index in [9.17, 15) is 18.0 Å². The van der Waals surface area contributed by atoms with E-state index in [1.165, 1.54) is 0 Å². The molecule has 2 aromatic rings. The molecule has 0 bridgehead atoms. The molecule has 0 aliphatic rings. The number of carbonyl (C=O) groups is 2. The Kier molecular flexibility index (Phi) is 4.82. The highest BCUT2D eigenvalue weighted by molar-refractivity contribution is 7.89. The summed E-state index contributed by atoms with van der Waals surface area (Å²) < 4.78 is 31.5. The van der Waals surface area contributed by atoms with Crippen LogP contribution >= 0.6 is 0 Å². The van der Waals surface area contributed by atoms with Crippen LogP contribution in [0, 0.1) is 6.92 Å². The van der Waals surface area contributed by atoms with Crippen molar-refractivity contribution in [3.05, 3.63) is 47.7 Å². The van der Waals surface area contributed by atoms with Gasteiger partial charge in [-0.25, -0.2) is 18.4 Å². The summed E-state index contributed by atoms with van der Waals surface area (Å²) >= 11 is 0. The molecular weight excluding hydrogens is 324 g/mol. The van der Waals surface area contributed by atoms with Gasteiger partial charge in [-0.1, -0.05) is 17.7 Å². The zero-order valence-corrected chi connectivity index (χ0v) is 12.9. The molecule has 0 aliphatic heterocycles. The summed E-state index contributed by atoms with van der Waals surface area (Å²) in [6, 6.07) is 9.18. The molecule has 8 nitrogen and oxygen atoms in total. The predicted molar refractivity (Wildman–Crippen MR) is 80.2 cm³/mol. The first-order valence-electron chi connectivity index (χ1n) is 6.42. The van der Waals surface area contributed by atoms with Gasteiger partial charge in [-0.15, -0.1) is 0 Å². The molecule has 1 aromatic carbocycles. The minimum atomic E-state index is -4.04. The number of amides is 1. The van der Waals surface area contributed by atoms with E-state index in [0.29, 0.717) is 5.69 Å². The summed E-state index contributed by atoms with van der Waals surface area (Å²) in [6.45, 7) is 1.37. The second kappa shape index (κ2) is 6.63. The Bertz CT molecular complexity index is 823. The zero-order valence-electron chi connectivity index (χ0n) is 12.1. The zero-order chi connectivity index (χ0) is 17.0. The quantitative estimate of drug-likeness (QED) is 0.783. The second-order valence-corrected chi connectivity index (χ2v) is 6.15. The normalized spacial score (nSPS) is 11.0. The van der Waals surface area contributed by atoms with Gasteiger partial charge < -0.3 is 14.5 Å². The van der Waals surface area contributed by atoms with Gasteiger partial charge in [0.25, 0.3) is 15.9 Å². The lowest BCUT2D eigenvalue weighted by Crippen LogP contribution is -2.20. The van der Waals surface area contributed by atoms with Crippen LogP contribution < -0.4 is 10.5 Å². The average molecular weight is 338 g/mol. The highest BCUT2D eigenvalue weighted by atomic mass is 32.2. The van der Waals surface area contributed by atoms with Crippen molar-refractivity contribution in [1.29, 1.82) is 0 Å². The van der Waals surface area contributed by atoms with Gasteiger partial charge in [-0.3, -0.25) is 4.79 Å². The molecular formula is C14H14N2O6S. The molecule has 122 valence electrons. The summed E-state index contributed by atoms with van der Waals surface area (Å²) in [5.41, 5.74) is 1.60. The summed E-state index contributed by atoms with van der Waals surface area (Å²) in [4.78, 5) is 23.3. The van der Waals surface area contributed by atoms with Gasteiger partial charge in [0.15, 0.2) is 6.61 Å². The standard InChI is InChI=1S/C14H14N2O6S/c1-9-2-4-10(5-3-9)16-12(17)8-21-14(18)11-6-7-13(22-11)23(15,19)20/h2-7H,8H2,1H3,(H,16,17)(H2,15,19,20). The molecule has 23 heavy (non-hydrogen) atoms. The molecule has 0 unspecified atom stereocenters. The first kappa shape index (κ1) is 16.7. The number of rotatable bonds is 5. The lowest BCUT2D eigenvalue weighted by Gasteiger charge is -2.06. The number of furan rings is 1. The highest BCUT2D eigenvalue weighted by Gasteiger charge is 2.19. The molecule has 0 radical (unpaired) electrons. The van der Waals surface area contributed by atoms with Crippen LogP contribution in [-0.2, 0) is 19.6 Å². The monoisotopic (exact) mass is 338 g/mol. The number of benzene rings is 1. The van der Waals surface area contributed by atoms with Crippen LogP contribution in [0.1, 0.15) is 16.1 Å². The van der Waals surface area contributed by atoms with Crippen LogP contribution in [0.4, 0.5) is 5.69 Å². The third kappa shape index (κ3) is 4.66. The van der Waals surface area contributed by atoms with Crippen LogP contribution in [-0.4, -0.2) is 26.9 Å². The minimum Gasteiger partial charge on any atom is -0.450 e. The Labute approximate surface area is 132 Å². The minimum absolute atomic E-state index is 0.364. The number of sulfonamides is 1. The molecule has 0 saturated heterocycles. The van der Waals surface area contributed by atoms with E-state index in [0.717, 1.165) is 17.7 Å². The van der Waals surface area contributed by atoms with Crippen molar-refractivity contribution in [2.75, 3.05) is 11.9 Å². The molecule has 1 heterocycles. The smallest absolute Gasteiger partial charge is 0.374 e. The highest BCUT2D eigenvalue weighted by Crippen LogP contribution is 2.13. The third-order valence-electron chi connectivity index (χ3n) is 2.73. The Hall–Kier alpha value is -2.65. The van der Waals surface area contributed by atoms with Gasteiger partial charge in [0, 0.05) is 5.69 Å². The molecule has 0 fully saturated rings. The largest absolute Gasteiger partial charge is 0.450 e. The fourth-order valence-corrected chi connectivity index (χ4v) is 2.08. The predicted octanol–water partition coefficient (Wildman–Crippen LogP) is 1.03. The number of esters is 1. The van der Waals surface area contributed by atoms with E-state index < -0.39 is 33.6 Å². The molecule has 0 spiro atoms. The summed E-state index contributed by atoms with van der Waals surface area (Å²) in [7, 11) is -4.04. The van der Waals surface area contributed by atoms with Crippen molar-refractivity contribution in [2.24, 2.45) is 5.14 Å². The van der Waals surface area contributed by atoms with Crippen molar-refractivity contribution in [3.8, 4) is 0 Å². The number of ether oxygens (including phenoxy) is 1. The average Bonchev–Trinajstić information content (AvgIpc) is 2.97. The van der Waals surface area contributed by atoms with Gasteiger partial charge in [0.05, 0.1) is 0 Å². The maximum absolute atomic E-state index is 11.7. The van der Waals surface area contributed by atoms with Gasteiger partial charge in [-0.05, 0) is 31.2 Å². The van der Waals surface area contributed by atoms with Crippen LogP contribution in [0.15, 0.2) is 45.9 Å². The fraction of sp³-hybridized carbons (Fsp3) is 0.143. The Morgan fingerprint density at radius 1 is 1.17 bits per heavy atom. The Morgan fingerprint density at radius 2 is 1.83 bits per heavy atom. The first-order valence-corrected chi connectivity index (χ1v) is 7.96. The van der Waals surface area contributed by atoms with Crippen LogP contribution in [0.2, 0.25) is 0 Å². The first-order chi connectivity index (χ1) is 10.8. The molecule has 2 rings (SSSR count). The molecule has 1 aromatic heterocycles. The van der Waals surface area contributed by atoms with E-state index in [1.54, 1.807) is 12.1 Å². The third-order valence-corrected chi connectivity index (χ3v) is 3.51. The lowest BCUT2D eigenvalue weighted by atomic mass is 10.2. The molecule has 0 saturated carbocycles. The van der Waals surface area contributed by atoms with E-state index in [-0.39, 0.29) is 5.76 Å². The van der Waals surface area contributed by atoms with Crippen molar-refractivity contribution >= 4 is 27.6 Å². The molecule has 0 aliphatic carbocycles. The van der Waals surface area contributed by atoms with Gasteiger partial charge >= 0.3 is 5.97 Å². The number of nitrogens with two attached hydrogens (primary N) is 1. The number of hydrogen-bond donors (Lipinski definition) is 2. The number of nitrogens with one attached hydrogen (secondary N) is 1. The maximum atomic E-state index is 11.7. The van der Waals surface area contributed by atoms with Gasteiger partial charge in [0.1, 0.15) is 0 Å². The molecule has 3 N–H and O–H groups in total. The van der Waals surface area contributed by atoms with Gasteiger partial charge in [-0.2, -0.15) is 0 Å². The number of aryl methyl sites for hydroxylation is 1. The number of anilines is 1. The fourth-order valence-electron chi connectivity index (χ4n) is 1.62. The van der Waals surface area contributed by atoms with Crippen molar-refractivity contribution < 1.29 is 27.2 Å². The number of hydrogen-bond acceptors (Lipinski definition) is 6. The SMILES string of the molecule is Cc1ccc(NC(=O)COC(=O)c2ccc(S(N)(=O)=O)o2)cc1. The van der Waals surface area contributed by atoms with Crippen molar-refractivity contribution in [3.63, 3.8) is 0 Å². The number of carbonyl (C=O) groups excluding carboxylic acids is 2.